The third kappa shape index (κ3) is 7.83. The molecule has 0 saturated carbocycles. The van der Waals surface area contributed by atoms with Crippen LogP contribution >= 0.6 is 0 Å². The largest absolute Gasteiger partial charge is 0.480 e. The molecular weight excluding hydrogens is 226 g/mol. The van der Waals surface area contributed by atoms with Gasteiger partial charge in [0.15, 0.2) is 0 Å². The van der Waals surface area contributed by atoms with Crippen LogP contribution in [0.2, 0.25) is 0 Å². The number of aliphatic carboxylic acids is 1. The SMILES string of the molecule is C=CCC(NC(=O)NCCNC(C)=O)C(=O)O. The fourth-order valence-electron chi connectivity index (χ4n) is 1.01. The van der Waals surface area contributed by atoms with Crippen molar-refractivity contribution in [3.63, 3.8) is 0 Å². The molecule has 1 atom stereocenters. The lowest BCUT2D eigenvalue weighted by Gasteiger charge is -2.13. The molecule has 0 fully saturated rings. The zero-order valence-electron chi connectivity index (χ0n) is 9.66. The normalized spacial score (nSPS) is 11.1. The molecule has 0 aliphatic heterocycles. The molecule has 0 spiro atoms. The van der Waals surface area contributed by atoms with Crippen LogP contribution in [0.15, 0.2) is 12.7 Å². The molecule has 96 valence electrons. The fraction of sp³-hybridized carbons (Fsp3) is 0.500. The Balaban J connectivity index is 3.86. The van der Waals surface area contributed by atoms with Gasteiger partial charge in [0, 0.05) is 20.0 Å². The van der Waals surface area contributed by atoms with Crippen molar-refractivity contribution in [2.45, 2.75) is 19.4 Å². The molecule has 0 aliphatic rings. The molecule has 3 amide bonds. The van der Waals surface area contributed by atoms with Crippen LogP contribution in [-0.4, -0.2) is 42.1 Å². The molecule has 0 rings (SSSR count). The lowest BCUT2D eigenvalue weighted by atomic mass is 10.2. The number of hydrogen-bond donors (Lipinski definition) is 4. The Morgan fingerprint density at radius 1 is 1.29 bits per heavy atom. The van der Waals surface area contributed by atoms with Crippen molar-refractivity contribution in [1.82, 2.24) is 16.0 Å². The van der Waals surface area contributed by atoms with E-state index in [4.69, 9.17) is 5.11 Å². The molecule has 17 heavy (non-hydrogen) atoms. The number of carbonyl (C=O) groups excluding carboxylic acids is 2. The molecule has 0 aromatic carbocycles. The topological polar surface area (TPSA) is 108 Å². The summed E-state index contributed by atoms with van der Waals surface area (Å²) in [5.74, 6) is -1.32. The van der Waals surface area contributed by atoms with E-state index in [1.165, 1.54) is 13.0 Å². The Bertz CT molecular complexity index is 304. The van der Waals surface area contributed by atoms with Gasteiger partial charge in [-0.2, -0.15) is 0 Å². The standard InChI is InChI=1S/C10H17N3O4/c1-3-4-8(9(15)16)13-10(17)12-6-5-11-7(2)14/h3,8H,1,4-6H2,2H3,(H,11,14)(H,15,16)(H2,12,13,17). The highest BCUT2D eigenvalue weighted by atomic mass is 16.4. The lowest BCUT2D eigenvalue weighted by molar-refractivity contribution is -0.139. The van der Waals surface area contributed by atoms with Gasteiger partial charge >= 0.3 is 12.0 Å². The molecule has 7 heteroatoms. The minimum Gasteiger partial charge on any atom is -0.480 e. The third-order valence-electron chi connectivity index (χ3n) is 1.79. The van der Waals surface area contributed by atoms with Gasteiger partial charge in [0.1, 0.15) is 6.04 Å². The van der Waals surface area contributed by atoms with Crippen LogP contribution in [0.25, 0.3) is 0 Å². The number of nitrogens with one attached hydrogen (secondary N) is 3. The van der Waals surface area contributed by atoms with E-state index in [9.17, 15) is 14.4 Å². The quantitative estimate of drug-likeness (QED) is 0.355. The molecule has 0 aromatic rings. The molecule has 1 unspecified atom stereocenters. The van der Waals surface area contributed by atoms with Crippen LogP contribution in [0, 0.1) is 0 Å². The zero-order chi connectivity index (χ0) is 13.3. The van der Waals surface area contributed by atoms with Crippen LogP contribution in [-0.2, 0) is 9.59 Å². The molecule has 4 N–H and O–H groups in total. The van der Waals surface area contributed by atoms with Gasteiger partial charge < -0.3 is 21.1 Å². The van der Waals surface area contributed by atoms with Gasteiger partial charge in [-0.1, -0.05) is 6.08 Å². The van der Waals surface area contributed by atoms with E-state index in [2.05, 4.69) is 22.5 Å². The maximum atomic E-state index is 11.2. The zero-order valence-corrected chi connectivity index (χ0v) is 9.66. The highest BCUT2D eigenvalue weighted by Gasteiger charge is 2.17. The monoisotopic (exact) mass is 243 g/mol. The van der Waals surface area contributed by atoms with Crippen molar-refractivity contribution >= 4 is 17.9 Å². The summed E-state index contributed by atoms with van der Waals surface area (Å²) in [5, 5.41) is 15.9. The van der Waals surface area contributed by atoms with Gasteiger partial charge in [0.2, 0.25) is 5.91 Å². The Labute approximate surface area is 99.3 Å². The van der Waals surface area contributed by atoms with E-state index < -0.39 is 18.0 Å². The van der Waals surface area contributed by atoms with Gasteiger partial charge in [0.05, 0.1) is 0 Å². The number of hydrogen-bond acceptors (Lipinski definition) is 3. The predicted molar refractivity (Wildman–Crippen MR) is 61.5 cm³/mol. The fourth-order valence-corrected chi connectivity index (χ4v) is 1.01. The number of carboxylic acids is 1. The summed E-state index contributed by atoms with van der Waals surface area (Å²) in [6.45, 7) is 5.29. The number of carbonyl (C=O) groups is 3. The van der Waals surface area contributed by atoms with Crippen molar-refractivity contribution in [3.8, 4) is 0 Å². The van der Waals surface area contributed by atoms with Crippen LogP contribution in [0.1, 0.15) is 13.3 Å². The second-order valence-corrected chi connectivity index (χ2v) is 3.30. The average molecular weight is 243 g/mol. The Morgan fingerprint density at radius 3 is 2.35 bits per heavy atom. The van der Waals surface area contributed by atoms with Crippen molar-refractivity contribution in [2.75, 3.05) is 13.1 Å². The van der Waals surface area contributed by atoms with Crippen LogP contribution in [0.5, 0.6) is 0 Å². The first-order valence-electron chi connectivity index (χ1n) is 5.10. The van der Waals surface area contributed by atoms with Crippen LogP contribution < -0.4 is 16.0 Å². The van der Waals surface area contributed by atoms with Gasteiger partial charge in [-0.15, -0.1) is 6.58 Å². The number of urea groups is 1. The van der Waals surface area contributed by atoms with Crippen LogP contribution in [0.3, 0.4) is 0 Å². The van der Waals surface area contributed by atoms with Gasteiger partial charge in [-0.25, -0.2) is 9.59 Å². The minimum atomic E-state index is -1.12. The van der Waals surface area contributed by atoms with E-state index >= 15 is 0 Å². The highest BCUT2D eigenvalue weighted by Crippen LogP contribution is 1.92. The summed E-state index contributed by atoms with van der Waals surface area (Å²) >= 11 is 0. The molecule has 0 heterocycles. The first-order chi connectivity index (χ1) is 7.97. The van der Waals surface area contributed by atoms with Crippen LogP contribution in [0.4, 0.5) is 4.79 Å². The smallest absolute Gasteiger partial charge is 0.326 e. The van der Waals surface area contributed by atoms with Gasteiger partial charge in [0.25, 0.3) is 0 Å². The molecule has 0 saturated heterocycles. The van der Waals surface area contributed by atoms with Crippen molar-refractivity contribution in [1.29, 1.82) is 0 Å². The van der Waals surface area contributed by atoms with E-state index in [1.807, 2.05) is 0 Å². The summed E-state index contributed by atoms with van der Waals surface area (Å²) in [4.78, 5) is 32.5. The Morgan fingerprint density at radius 2 is 1.88 bits per heavy atom. The van der Waals surface area contributed by atoms with Crippen molar-refractivity contribution in [3.05, 3.63) is 12.7 Å². The number of carboxylic acid groups (broad SMARTS) is 1. The summed E-state index contributed by atoms with van der Waals surface area (Å²) in [7, 11) is 0. The summed E-state index contributed by atoms with van der Waals surface area (Å²) < 4.78 is 0. The van der Waals surface area contributed by atoms with E-state index in [1.54, 1.807) is 0 Å². The van der Waals surface area contributed by atoms with Gasteiger partial charge in [-0.3, -0.25) is 4.79 Å². The lowest BCUT2D eigenvalue weighted by Crippen LogP contribution is -2.47. The molecule has 0 radical (unpaired) electrons. The summed E-state index contributed by atoms with van der Waals surface area (Å²) in [5.41, 5.74) is 0. The first-order valence-corrected chi connectivity index (χ1v) is 5.10. The van der Waals surface area contributed by atoms with Crippen molar-refractivity contribution < 1.29 is 19.5 Å². The molecule has 0 aliphatic carbocycles. The molecule has 0 bridgehead atoms. The van der Waals surface area contributed by atoms with E-state index in [0.29, 0.717) is 6.54 Å². The van der Waals surface area contributed by atoms with E-state index in [-0.39, 0.29) is 18.9 Å². The van der Waals surface area contributed by atoms with Gasteiger partial charge in [-0.05, 0) is 6.42 Å². The second kappa shape index (κ2) is 8.14. The number of rotatable bonds is 7. The Kier molecular flexibility index (Phi) is 7.16. The third-order valence-corrected chi connectivity index (χ3v) is 1.79. The first kappa shape index (κ1) is 14.9. The number of amides is 3. The highest BCUT2D eigenvalue weighted by molar-refractivity contribution is 5.82. The van der Waals surface area contributed by atoms with E-state index in [0.717, 1.165) is 0 Å². The van der Waals surface area contributed by atoms with Crippen molar-refractivity contribution in [2.24, 2.45) is 0 Å². The summed E-state index contributed by atoms with van der Waals surface area (Å²) in [6, 6.07) is -1.59. The maximum absolute atomic E-state index is 11.2. The average Bonchev–Trinajstić information content (AvgIpc) is 2.23. The molecule has 0 aromatic heterocycles. The minimum absolute atomic E-state index is 0.147. The summed E-state index contributed by atoms with van der Waals surface area (Å²) in [6.07, 6.45) is 1.56. The maximum Gasteiger partial charge on any atom is 0.326 e. The Hall–Kier alpha value is -2.05. The second-order valence-electron chi connectivity index (χ2n) is 3.30. The molecule has 7 nitrogen and oxygen atoms in total. The molecular formula is C10H17N3O4. The predicted octanol–water partition coefficient (Wildman–Crippen LogP) is -0.549.